The van der Waals surface area contributed by atoms with Gasteiger partial charge in [0, 0.05) is 5.39 Å². The number of halogens is 1. The van der Waals surface area contributed by atoms with Crippen molar-refractivity contribution in [2.45, 2.75) is 19.9 Å². The number of aryl methyl sites for hydroxylation is 2. The third-order valence-corrected chi connectivity index (χ3v) is 3.83. The van der Waals surface area contributed by atoms with Gasteiger partial charge in [-0.1, -0.05) is 35.9 Å². The van der Waals surface area contributed by atoms with Crippen LogP contribution in [0.25, 0.3) is 11.0 Å². The second-order valence-electron chi connectivity index (χ2n) is 5.39. The lowest BCUT2D eigenvalue weighted by Crippen LogP contribution is -2.18. The number of para-hydroxylation sites is 1. The third-order valence-electron chi connectivity index (χ3n) is 3.83. The molecule has 1 N–H and O–H groups in total. The molecule has 2 aromatic carbocycles. The van der Waals surface area contributed by atoms with Crippen molar-refractivity contribution in [2.24, 2.45) is 0 Å². The molecule has 1 atom stereocenters. The first-order valence-corrected chi connectivity index (χ1v) is 7.02. The van der Waals surface area contributed by atoms with Gasteiger partial charge in [0.05, 0.1) is 6.04 Å². The summed E-state index contributed by atoms with van der Waals surface area (Å²) in [5.74, 6) is 0.404. The van der Waals surface area contributed by atoms with Gasteiger partial charge in [-0.15, -0.1) is 0 Å². The highest BCUT2D eigenvalue weighted by Crippen LogP contribution is 2.31. The van der Waals surface area contributed by atoms with E-state index in [0.29, 0.717) is 5.58 Å². The number of hydrogen-bond acceptors (Lipinski definition) is 2. The zero-order valence-electron chi connectivity index (χ0n) is 12.4. The normalized spacial score (nSPS) is 12.8. The molecular weight excluding hydrogens is 265 g/mol. The smallest absolute Gasteiger partial charge is 0.169 e. The number of nitrogens with one attached hydrogen (secondary N) is 1. The number of benzene rings is 2. The van der Waals surface area contributed by atoms with E-state index < -0.39 is 0 Å². The van der Waals surface area contributed by atoms with Gasteiger partial charge < -0.3 is 9.73 Å². The van der Waals surface area contributed by atoms with Crippen molar-refractivity contribution in [1.82, 2.24) is 5.32 Å². The molecule has 3 aromatic rings. The van der Waals surface area contributed by atoms with Crippen molar-refractivity contribution in [3.8, 4) is 0 Å². The van der Waals surface area contributed by atoms with Gasteiger partial charge in [-0.25, -0.2) is 4.39 Å². The van der Waals surface area contributed by atoms with Crippen molar-refractivity contribution < 1.29 is 8.81 Å². The van der Waals surface area contributed by atoms with Crippen molar-refractivity contribution in [1.29, 1.82) is 0 Å². The number of furan rings is 1. The second kappa shape index (κ2) is 5.34. The molecule has 0 aliphatic rings. The summed E-state index contributed by atoms with van der Waals surface area (Å²) in [5, 5.41) is 4.05. The Morgan fingerprint density at radius 3 is 2.62 bits per heavy atom. The monoisotopic (exact) mass is 283 g/mol. The maximum atomic E-state index is 13.8. The second-order valence-corrected chi connectivity index (χ2v) is 5.39. The van der Waals surface area contributed by atoms with Gasteiger partial charge >= 0.3 is 0 Å². The van der Waals surface area contributed by atoms with E-state index >= 15 is 0 Å². The molecule has 1 aromatic heterocycles. The summed E-state index contributed by atoms with van der Waals surface area (Å²) in [6, 6.07) is 13.1. The zero-order valence-corrected chi connectivity index (χ0v) is 12.4. The summed E-state index contributed by atoms with van der Waals surface area (Å²) >= 11 is 0. The summed E-state index contributed by atoms with van der Waals surface area (Å²) in [6.45, 7) is 4.14. The molecule has 1 unspecified atom stereocenters. The van der Waals surface area contributed by atoms with Gasteiger partial charge in [-0.2, -0.15) is 0 Å². The first kappa shape index (κ1) is 13.8. The lowest BCUT2D eigenvalue weighted by Gasteiger charge is -2.17. The zero-order chi connectivity index (χ0) is 15.0. The van der Waals surface area contributed by atoms with Crippen molar-refractivity contribution >= 4 is 11.0 Å². The summed E-state index contributed by atoms with van der Waals surface area (Å²) in [6.07, 6.45) is 0. The summed E-state index contributed by atoms with van der Waals surface area (Å²) < 4.78 is 19.6. The Balaban J connectivity index is 2.13. The maximum Gasteiger partial charge on any atom is 0.169 e. The standard InChI is InChI=1S/C18H18FNO/c1-11-7-8-12(2)14(9-11)17(20-3)16-10-13-5-4-6-15(19)18(13)21-16/h4-10,17,20H,1-3H3. The summed E-state index contributed by atoms with van der Waals surface area (Å²) in [7, 11) is 1.88. The number of hydrogen-bond donors (Lipinski definition) is 1. The van der Waals surface area contributed by atoms with Crippen LogP contribution in [0.1, 0.15) is 28.5 Å². The predicted molar refractivity (Wildman–Crippen MR) is 83.0 cm³/mol. The van der Waals surface area contributed by atoms with E-state index in [2.05, 4.69) is 37.4 Å². The van der Waals surface area contributed by atoms with Crippen LogP contribution in [0.15, 0.2) is 46.9 Å². The molecule has 0 saturated heterocycles. The molecule has 0 fully saturated rings. The van der Waals surface area contributed by atoms with Crippen LogP contribution < -0.4 is 5.32 Å². The first-order valence-electron chi connectivity index (χ1n) is 7.02. The van der Waals surface area contributed by atoms with Gasteiger partial charge in [0.1, 0.15) is 5.76 Å². The Morgan fingerprint density at radius 2 is 1.90 bits per heavy atom. The van der Waals surface area contributed by atoms with E-state index in [1.807, 2.05) is 19.2 Å². The van der Waals surface area contributed by atoms with Gasteiger partial charge in [-0.3, -0.25) is 0 Å². The molecule has 0 saturated carbocycles. The van der Waals surface area contributed by atoms with Gasteiger partial charge in [-0.05, 0) is 44.2 Å². The quantitative estimate of drug-likeness (QED) is 0.765. The summed E-state index contributed by atoms with van der Waals surface area (Å²) in [4.78, 5) is 0. The molecule has 0 radical (unpaired) electrons. The minimum Gasteiger partial charge on any atom is -0.456 e. The fourth-order valence-corrected chi connectivity index (χ4v) is 2.71. The third kappa shape index (κ3) is 2.45. The average molecular weight is 283 g/mol. The van der Waals surface area contributed by atoms with E-state index in [9.17, 15) is 4.39 Å². The lowest BCUT2D eigenvalue weighted by molar-refractivity contribution is 0.475. The number of rotatable bonds is 3. The summed E-state index contributed by atoms with van der Waals surface area (Å²) in [5.41, 5.74) is 3.84. The highest BCUT2D eigenvalue weighted by Gasteiger charge is 2.19. The Bertz CT molecular complexity index is 791. The SMILES string of the molecule is CNC(c1cc2cccc(F)c2o1)c1cc(C)ccc1C. The van der Waals surface area contributed by atoms with E-state index in [-0.39, 0.29) is 11.9 Å². The Hall–Kier alpha value is -2.13. The van der Waals surface area contributed by atoms with Crippen molar-refractivity contribution in [2.75, 3.05) is 7.05 Å². The first-order chi connectivity index (χ1) is 10.1. The van der Waals surface area contributed by atoms with E-state index in [1.54, 1.807) is 6.07 Å². The fourth-order valence-electron chi connectivity index (χ4n) is 2.71. The lowest BCUT2D eigenvalue weighted by atomic mass is 9.97. The highest BCUT2D eigenvalue weighted by atomic mass is 19.1. The van der Waals surface area contributed by atoms with Crippen LogP contribution in [0.3, 0.4) is 0 Å². The Kier molecular flexibility index (Phi) is 3.52. The molecule has 108 valence electrons. The molecule has 2 nitrogen and oxygen atoms in total. The van der Waals surface area contributed by atoms with Crippen LogP contribution in [0.4, 0.5) is 4.39 Å². The Labute approximate surface area is 123 Å². The number of fused-ring (bicyclic) bond motifs is 1. The molecule has 0 bridgehead atoms. The van der Waals surface area contributed by atoms with Crippen LogP contribution >= 0.6 is 0 Å². The van der Waals surface area contributed by atoms with Gasteiger partial charge in [0.2, 0.25) is 0 Å². The minimum atomic E-state index is -0.324. The molecule has 0 aliphatic heterocycles. The van der Waals surface area contributed by atoms with Crippen molar-refractivity contribution in [3.63, 3.8) is 0 Å². The maximum absolute atomic E-state index is 13.8. The topological polar surface area (TPSA) is 25.2 Å². The molecule has 3 rings (SSSR count). The van der Waals surface area contributed by atoms with E-state index in [0.717, 1.165) is 16.7 Å². The van der Waals surface area contributed by atoms with E-state index in [1.165, 1.54) is 17.2 Å². The molecule has 1 heterocycles. The van der Waals surface area contributed by atoms with Crippen LogP contribution in [0.2, 0.25) is 0 Å². The molecule has 0 aliphatic carbocycles. The van der Waals surface area contributed by atoms with Crippen LogP contribution in [-0.4, -0.2) is 7.05 Å². The minimum absolute atomic E-state index is 0.0864. The fraction of sp³-hybridized carbons (Fsp3) is 0.222. The largest absolute Gasteiger partial charge is 0.456 e. The van der Waals surface area contributed by atoms with Crippen molar-refractivity contribution in [3.05, 3.63) is 70.7 Å². The van der Waals surface area contributed by atoms with Crippen LogP contribution in [0, 0.1) is 19.7 Å². The van der Waals surface area contributed by atoms with Gasteiger partial charge in [0.25, 0.3) is 0 Å². The van der Waals surface area contributed by atoms with Crippen LogP contribution in [-0.2, 0) is 0 Å². The Morgan fingerprint density at radius 1 is 1.10 bits per heavy atom. The molecule has 3 heteroatoms. The van der Waals surface area contributed by atoms with Gasteiger partial charge in [0.15, 0.2) is 11.4 Å². The molecule has 21 heavy (non-hydrogen) atoms. The molecule has 0 spiro atoms. The van der Waals surface area contributed by atoms with E-state index in [4.69, 9.17) is 4.42 Å². The molecule has 0 amide bonds. The predicted octanol–water partition coefficient (Wildman–Crippen LogP) is 4.50. The highest BCUT2D eigenvalue weighted by molar-refractivity contribution is 5.78. The average Bonchev–Trinajstić information content (AvgIpc) is 2.89. The van der Waals surface area contributed by atoms with Crippen LogP contribution in [0.5, 0.6) is 0 Å². The molecular formula is C18H18FNO.